The molecule has 28 heavy (non-hydrogen) atoms. The van der Waals surface area contributed by atoms with Gasteiger partial charge >= 0.3 is 0 Å². The largest absolute Gasteiger partial charge is 0.491 e. The van der Waals surface area contributed by atoms with Crippen LogP contribution >= 0.6 is 0 Å². The van der Waals surface area contributed by atoms with E-state index in [0.29, 0.717) is 5.75 Å². The monoisotopic (exact) mass is 412 g/mol. The Morgan fingerprint density at radius 2 is 1.75 bits per heavy atom. The van der Waals surface area contributed by atoms with Gasteiger partial charge in [0.05, 0.1) is 18.0 Å². The lowest BCUT2D eigenvalue weighted by Crippen LogP contribution is -2.50. The summed E-state index contributed by atoms with van der Waals surface area (Å²) in [6.45, 7) is 3.24. The third kappa shape index (κ3) is 5.66. The summed E-state index contributed by atoms with van der Waals surface area (Å²) in [6, 6.07) is 10.1. The zero-order valence-electron chi connectivity index (χ0n) is 15.7. The second kappa shape index (κ2) is 9.01. The number of para-hydroxylation sites is 1. The minimum absolute atomic E-state index is 0.141. The molecule has 9 heteroatoms. The number of carbonyl (C=O) groups is 1. The highest BCUT2D eigenvalue weighted by Gasteiger charge is 2.30. The smallest absolute Gasteiger partial charge is 0.243 e. The molecule has 2 atom stereocenters. The molecule has 2 aromatic carbocycles. The molecular formula is C19H22F2N2O4S. The van der Waals surface area contributed by atoms with Gasteiger partial charge in [-0.15, -0.1) is 0 Å². The first-order valence-corrected chi connectivity index (χ1v) is 10.4. The molecule has 0 aliphatic rings. The number of carbonyl (C=O) groups excluding carboxylic acids is 1. The molecule has 0 aliphatic heterocycles. The van der Waals surface area contributed by atoms with Gasteiger partial charge in [0.1, 0.15) is 18.4 Å². The number of amides is 1. The van der Waals surface area contributed by atoms with Crippen LogP contribution in [-0.2, 0) is 14.8 Å². The Labute approximate surface area is 163 Å². The molecule has 0 saturated heterocycles. The second-order valence-corrected chi connectivity index (χ2v) is 8.23. The minimum atomic E-state index is -3.93. The maximum atomic E-state index is 13.6. The van der Waals surface area contributed by atoms with Crippen molar-refractivity contribution in [1.82, 2.24) is 5.32 Å². The van der Waals surface area contributed by atoms with E-state index >= 15 is 0 Å². The molecular weight excluding hydrogens is 390 g/mol. The van der Waals surface area contributed by atoms with Crippen LogP contribution in [0.4, 0.5) is 14.5 Å². The Bertz CT molecular complexity index is 923. The van der Waals surface area contributed by atoms with Crippen LogP contribution in [0.1, 0.15) is 13.8 Å². The van der Waals surface area contributed by atoms with Crippen molar-refractivity contribution in [2.75, 3.05) is 17.2 Å². The van der Waals surface area contributed by atoms with Gasteiger partial charge in [0.25, 0.3) is 0 Å². The van der Waals surface area contributed by atoms with Crippen LogP contribution in [0.25, 0.3) is 0 Å². The summed E-state index contributed by atoms with van der Waals surface area (Å²) in [4.78, 5) is 12.5. The van der Waals surface area contributed by atoms with Crippen LogP contribution in [0.5, 0.6) is 5.75 Å². The van der Waals surface area contributed by atoms with Crippen molar-refractivity contribution < 1.29 is 26.7 Å². The molecule has 0 fully saturated rings. The molecule has 6 nitrogen and oxygen atoms in total. The van der Waals surface area contributed by atoms with Gasteiger partial charge in [-0.25, -0.2) is 17.2 Å². The number of nitrogens with one attached hydrogen (secondary N) is 1. The van der Waals surface area contributed by atoms with Crippen molar-refractivity contribution in [3.05, 3.63) is 60.2 Å². The standard InChI is InChI=1S/C19H22F2N2O4S/c1-13(12-27-16-7-5-4-6-8-16)22-19(24)14(2)23(28(3,25)26)15-9-10-17(20)18(21)11-15/h4-11,13-14H,12H2,1-3H3,(H,22,24)/t13-,14+/m0/s1. The minimum Gasteiger partial charge on any atom is -0.491 e. The molecule has 0 heterocycles. The van der Waals surface area contributed by atoms with Crippen LogP contribution < -0.4 is 14.4 Å². The maximum absolute atomic E-state index is 13.6. The number of benzene rings is 2. The second-order valence-electron chi connectivity index (χ2n) is 6.37. The molecule has 0 saturated carbocycles. The van der Waals surface area contributed by atoms with E-state index in [2.05, 4.69) is 5.32 Å². The van der Waals surface area contributed by atoms with Gasteiger partial charge in [-0.3, -0.25) is 9.10 Å². The predicted octanol–water partition coefficient (Wildman–Crippen LogP) is 2.70. The first kappa shape index (κ1) is 21.6. The van der Waals surface area contributed by atoms with E-state index in [9.17, 15) is 22.0 Å². The molecule has 0 bridgehead atoms. The predicted molar refractivity (Wildman–Crippen MR) is 103 cm³/mol. The van der Waals surface area contributed by atoms with Crippen LogP contribution in [0.3, 0.4) is 0 Å². The van der Waals surface area contributed by atoms with Crippen molar-refractivity contribution in [2.45, 2.75) is 25.9 Å². The topological polar surface area (TPSA) is 75.7 Å². The van der Waals surface area contributed by atoms with Crippen molar-refractivity contribution in [3.8, 4) is 5.75 Å². The van der Waals surface area contributed by atoms with Crippen LogP contribution in [0.2, 0.25) is 0 Å². The fourth-order valence-corrected chi connectivity index (χ4v) is 3.74. The molecule has 2 rings (SSSR count). The number of anilines is 1. The number of sulfonamides is 1. The molecule has 1 N–H and O–H groups in total. The molecule has 0 radical (unpaired) electrons. The molecule has 0 aliphatic carbocycles. The van der Waals surface area contributed by atoms with E-state index < -0.39 is 39.6 Å². The summed E-state index contributed by atoms with van der Waals surface area (Å²) in [5.74, 6) is -2.28. The third-order valence-electron chi connectivity index (χ3n) is 3.88. The average molecular weight is 412 g/mol. The number of ether oxygens (including phenoxy) is 1. The van der Waals surface area contributed by atoms with E-state index in [-0.39, 0.29) is 12.3 Å². The quantitative estimate of drug-likeness (QED) is 0.723. The van der Waals surface area contributed by atoms with Crippen molar-refractivity contribution in [1.29, 1.82) is 0 Å². The normalized spacial score (nSPS) is 13.5. The van der Waals surface area contributed by atoms with E-state index in [1.54, 1.807) is 19.1 Å². The summed E-state index contributed by atoms with van der Waals surface area (Å²) in [5.41, 5.74) is -0.141. The van der Waals surface area contributed by atoms with E-state index in [1.807, 2.05) is 18.2 Å². The highest BCUT2D eigenvalue weighted by molar-refractivity contribution is 7.92. The molecule has 2 aromatic rings. The Kier molecular flexibility index (Phi) is 6.95. The van der Waals surface area contributed by atoms with E-state index in [1.165, 1.54) is 6.92 Å². The lowest BCUT2D eigenvalue weighted by molar-refractivity contribution is -0.122. The summed E-state index contributed by atoms with van der Waals surface area (Å²) < 4.78 is 57.4. The zero-order chi connectivity index (χ0) is 20.9. The summed E-state index contributed by atoms with van der Waals surface area (Å²) in [7, 11) is -3.93. The van der Waals surface area contributed by atoms with Crippen molar-refractivity contribution in [3.63, 3.8) is 0 Å². The zero-order valence-corrected chi connectivity index (χ0v) is 16.5. The number of hydrogen-bond donors (Lipinski definition) is 1. The molecule has 0 aromatic heterocycles. The van der Waals surface area contributed by atoms with Crippen LogP contribution in [0.15, 0.2) is 48.5 Å². The molecule has 152 valence electrons. The van der Waals surface area contributed by atoms with Gasteiger partial charge in [-0.1, -0.05) is 18.2 Å². The summed E-state index contributed by atoms with van der Waals surface area (Å²) >= 11 is 0. The molecule has 1 amide bonds. The fourth-order valence-electron chi connectivity index (χ4n) is 2.57. The van der Waals surface area contributed by atoms with Crippen LogP contribution in [0, 0.1) is 11.6 Å². The lowest BCUT2D eigenvalue weighted by Gasteiger charge is -2.29. The van der Waals surface area contributed by atoms with Gasteiger partial charge in [0.15, 0.2) is 11.6 Å². The van der Waals surface area contributed by atoms with Gasteiger partial charge in [-0.05, 0) is 38.1 Å². The first-order valence-electron chi connectivity index (χ1n) is 8.52. The Morgan fingerprint density at radius 3 is 2.32 bits per heavy atom. The van der Waals surface area contributed by atoms with E-state index in [0.717, 1.165) is 28.8 Å². The van der Waals surface area contributed by atoms with Crippen LogP contribution in [-0.4, -0.2) is 39.3 Å². The Balaban J connectivity index is 2.09. The van der Waals surface area contributed by atoms with Gasteiger partial charge in [0.2, 0.25) is 15.9 Å². The van der Waals surface area contributed by atoms with Gasteiger partial charge in [-0.2, -0.15) is 0 Å². The molecule has 0 unspecified atom stereocenters. The number of nitrogens with zero attached hydrogens (tertiary/aromatic N) is 1. The van der Waals surface area contributed by atoms with Gasteiger partial charge in [0, 0.05) is 6.07 Å². The Hall–Kier alpha value is -2.68. The highest BCUT2D eigenvalue weighted by Crippen LogP contribution is 2.23. The Morgan fingerprint density at radius 1 is 1.11 bits per heavy atom. The third-order valence-corrected chi connectivity index (χ3v) is 5.12. The highest BCUT2D eigenvalue weighted by atomic mass is 32.2. The van der Waals surface area contributed by atoms with Crippen molar-refractivity contribution in [2.24, 2.45) is 0 Å². The number of halogens is 2. The fraction of sp³-hybridized carbons (Fsp3) is 0.316. The average Bonchev–Trinajstić information content (AvgIpc) is 2.62. The summed E-state index contributed by atoms with van der Waals surface area (Å²) in [5, 5.41) is 2.66. The number of rotatable bonds is 8. The SMILES string of the molecule is C[C@H](C(=O)N[C@@H](C)COc1ccccc1)N(c1ccc(F)c(F)c1)S(C)(=O)=O. The van der Waals surface area contributed by atoms with Gasteiger partial charge < -0.3 is 10.1 Å². The van der Waals surface area contributed by atoms with Crippen molar-refractivity contribution >= 4 is 21.6 Å². The maximum Gasteiger partial charge on any atom is 0.243 e. The number of hydrogen-bond acceptors (Lipinski definition) is 4. The van der Waals surface area contributed by atoms with E-state index in [4.69, 9.17) is 4.74 Å². The lowest BCUT2D eigenvalue weighted by atomic mass is 10.2. The summed E-state index contributed by atoms with van der Waals surface area (Å²) in [6.07, 6.45) is 0.889. The molecule has 0 spiro atoms. The first-order chi connectivity index (χ1) is 13.1.